The fourth-order valence-electron chi connectivity index (χ4n) is 6.72. The van der Waals surface area contributed by atoms with Crippen LogP contribution in [0.15, 0.2) is 152 Å². The number of rotatable bonds is 3. The molecular weight excluding hydrogens is 589 g/mol. The minimum atomic E-state index is 0.930. The van der Waals surface area contributed by atoms with Gasteiger partial charge >= 0.3 is 0 Å². The summed E-state index contributed by atoms with van der Waals surface area (Å²) >= 11 is 1.85. The molecule has 0 N–H and O–H groups in total. The second-order valence-corrected chi connectivity index (χ2v) is 13.2. The number of fused-ring (bicyclic) bond motifs is 6. The van der Waals surface area contributed by atoms with Crippen molar-refractivity contribution in [3.05, 3.63) is 168 Å². The summed E-state index contributed by atoms with van der Waals surface area (Å²) in [4.78, 5) is 5.31. The van der Waals surface area contributed by atoms with Crippen molar-refractivity contribution >= 4 is 53.3 Å². The first-order valence-electron chi connectivity index (χ1n) is 16.1. The predicted molar refractivity (Wildman–Crippen MR) is 203 cm³/mol. The highest BCUT2D eigenvalue weighted by Crippen LogP contribution is 2.41. The van der Waals surface area contributed by atoms with Gasteiger partial charge in [-0.05, 0) is 73.9 Å². The van der Waals surface area contributed by atoms with Gasteiger partial charge in [0, 0.05) is 42.1 Å². The number of nitrogens with zero attached hydrogens (tertiary/aromatic N) is 2. The van der Waals surface area contributed by atoms with Crippen LogP contribution in [0, 0.1) is 20.8 Å². The van der Waals surface area contributed by atoms with Crippen LogP contribution in [0.5, 0.6) is 0 Å². The van der Waals surface area contributed by atoms with Crippen LogP contribution in [0.2, 0.25) is 0 Å². The molecule has 0 aliphatic rings. The monoisotopic (exact) mass is 622 g/mol. The van der Waals surface area contributed by atoms with E-state index >= 15 is 0 Å². The maximum absolute atomic E-state index is 5.31. The summed E-state index contributed by atoms with van der Waals surface area (Å²) < 4.78 is 4.99. The fourth-order valence-corrected chi connectivity index (χ4v) is 7.80. The first-order valence-corrected chi connectivity index (χ1v) is 16.9. The van der Waals surface area contributed by atoms with E-state index in [9.17, 15) is 0 Å². The first-order chi connectivity index (χ1) is 23.1. The lowest BCUT2D eigenvalue weighted by molar-refractivity contribution is 1.08. The lowest BCUT2D eigenvalue weighted by Gasteiger charge is -2.15. The third-order valence-electron chi connectivity index (χ3n) is 9.04. The van der Waals surface area contributed by atoms with Gasteiger partial charge in [0.2, 0.25) is 0 Å². The Hall–Kier alpha value is -5.51. The van der Waals surface area contributed by atoms with E-state index in [0.29, 0.717) is 0 Å². The number of para-hydroxylation sites is 1. The standard InChI is InChI=1S/C37H26N2S.C7H8/c1-23-10-3-4-11-26(23)36-24(2)18-20-29-27-12-5-7-15-32(27)39(37(29)36)35-17-9-14-31(38-35)25-19-21-34-30(22-25)28-13-6-8-16-33(28)40-34;1-7-5-3-2-4-6-7/h3-22H,1-2H3;2-6H,1H3. The summed E-state index contributed by atoms with van der Waals surface area (Å²) in [5.74, 6) is 0.930. The number of aromatic nitrogens is 2. The van der Waals surface area contributed by atoms with Crippen LogP contribution in [0.3, 0.4) is 0 Å². The van der Waals surface area contributed by atoms with Gasteiger partial charge in [-0.15, -0.1) is 11.3 Å². The van der Waals surface area contributed by atoms with E-state index < -0.39 is 0 Å². The number of hydrogen-bond donors (Lipinski definition) is 0. The maximum atomic E-state index is 5.31. The molecule has 6 aromatic carbocycles. The maximum Gasteiger partial charge on any atom is 0.138 e. The average molecular weight is 623 g/mol. The Kier molecular flexibility index (Phi) is 7.40. The summed E-state index contributed by atoms with van der Waals surface area (Å²) in [5.41, 5.74) is 10.9. The molecule has 3 aromatic heterocycles. The van der Waals surface area contributed by atoms with Crippen molar-refractivity contribution in [2.24, 2.45) is 0 Å². The Labute approximate surface area is 279 Å². The topological polar surface area (TPSA) is 17.8 Å². The summed E-state index contributed by atoms with van der Waals surface area (Å²) in [5, 5.41) is 5.09. The summed E-state index contributed by atoms with van der Waals surface area (Å²) in [7, 11) is 0. The summed E-state index contributed by atoms with van der Waals surface area (Å²) in [6.07, 6.45) is 0. The molecule has 3 heterocycles. The summed E-state index contributed by atoms with van der Waals surface area (Å²) in [6.45, 7) is 6.50. The van der Waals surface area contributed by atoms with Crippen LogP contribution in [-0.2, 0) is 0 Å². The van der Waals surface area contributed by atoms with E-state index in [-0.39, 0.29) is 0 Å². The van der Waals surface area contributed by atoms with Gasteiger partial charge < -0.3 is 0 Å². The van der Waals surface area contributed by atoms with Crippen molar-refractivity contribution in [2.45, 2.75) is 20.8 Å². The number of aryl methyl sites for hydroxylation is 3. The molecule has 226 valence electrons. The lowest BCUT2D eigenvalue weighted by Crippen LogP contribution is -2.01. The van der Waals surface area contributed by atoms with Gasteiger partial charge in [-0.1, -0.05) is 121 Å². The normalized spacial score (nSPS) is 11.3. The van der Waals surface area contributed by atoms with Crippen molar-refractivity contribution in [3.8, 4) is 28.2 Å². The van der Waals surface area contributed by atoms with Gasteiger partial charge in [0.05, 0.1) is 16.7 Å². The van der Waals surface area contributed by atoms with E-state index in [4.69, 9.17) is 4.98 Å². The van der Waals surface area contributed by atoms with Crippen LogP contribution in [0.4, 0.5) is 0 Å². The molecule has 9 rings (SSSR count). The van der Waals surface area contributed by atoms with Crippen LogP contribution < -0.4 is 0 Å². The minimum Gasteiger partial charge on any atom is -0.293 e. The Morgan fingerprint density at radius 3 is 2.04 bits per heavy atom. The van der Waals surface area contributed by atoms with E-state index in [1.807, 2.05) is 29.5 Å². The molecule has 0 aliphatic carbocycles. The van der Waals surface area contributed by atoms with Gasteiger partial charge in [0.15, 0.2) is 0 Å². The first kappa shape index (κ1) is 28.9. The SMILES string of the molecule is Cc1ccccc1.Cc1ccccc1-c1c(C)ccc2c3ccccc3n(-c3cccc(-c4ccc5sc6ccccc6c5c4)n3)c12. The zero-order chi connectivity index (χ0) is 31.9. The van der Waals surface area contributed by atoms with Crippen molar-refractivity contribution < 1.29 is 0 Å². The molecule has 47 heavy (non-hydrogen) atoms. The predicted octanol–water partition coefficient (Wildman–Crippen LogP) is 12.5. The molecule has 0 saturated heterocycles. The van der Waals surface area contributed by atoms with Crippen LogP contribution in [0.25, 0.3) is 70.2 Å². The minimum absolute atomic E-state index is 0.930. The van der Waals surface area contributed by atoms with Gasteiger partial charge in [0.25, 0.3) is 0 Å². The largest absolute Gasteiger partial charge is 0.293 e. The number of benzene rings is 6. The number of hydrogen-bond acceptors (Lipinski definition) is 2. The molecule has 0 unspecified atom stereocenters. The molecule has 3 heteroatoms. The van der Waals surface area contributed by atoms with Gasteiger partial charge in [-0.2, -0.15) is 0 Å². The molecule has 0 saturated carbocycles. The van der Waals surface area contributed by atoms with E-state index in [0.717, 1.165) is 17.1 Å². The van der Waals surface area contributed by atoms with Crippen molar-refractivity contribution in [2.75, 3.05) is 0 Å². The van der Waals surface area contributed by atoms with Crippen LogP contribution >= 0.6 is 11.3 Å². The molecular formula is C44H34N2S. The lowest BCUT2D eigenvalue weighted by atomic mass is 9.94. The van der Waals surface area contributed by atoms with Crippen molar-refractivity contribution in [1.82, 2.24) is 9.55 Å². The Morgan fingerprint density at radius 2 is 1.23 bits per heavy atom. The number of thiophene rings is 1. The van der Waals surface area contributed by atoms with E-state index in [1.54, 1.807) is 0 Å². The van der Waals surface area contributed by atoms with Crippen molar-refractivity contribution in [3.63, 3.8) is 0 Å². The molecule has 0 spiro atoms. The highest BCUT2D eigenvalue weighted by atomic mass is 32.1. The number of pyridine rings is 1. The van der Waals surface area contributed by atoms with E-state index in [2.05, 4.69) is 159 Å². The smallest absolute Gasteiger partial charge is 0.138 e. The fraction of sp³-hybridized carbons (Fsp3) is 0.0682. The highest BCUT2D eigenvalue weighted by Gasteiger charge is 2.20. The van der Waals surface area contributed by atoms with Gasteiger partial charge in [-0.3, -0.25) is 4.57 Å². The average Bonchev–Trinajstić information content (AvgIpc) is 3.65. The van der Waals surface area contributed by atoms with Crippen molar-refractivity contribution in [1.29, 1.82) is 0 Å². The Morgan fingerprint density at radius 1 is 0.511 bits per heavy atom. The van der Waals surface area contributed by atoms with Crippen LogP contribution in [-0.4, -0.2) is 9.55 Å². The molecule has 2 nitrogen and oxygen atoms in total. The second kappa shape index (κ2) is 12.0. The molecule has 0 fully saturated rings. The molecule has 0 bridgehead atoms. The Balaban J connectivity index is 0.000000413. The molecule has 0 atom stereocenters. The van der Waals surface area contributed by atoms with Gasteiger partial charge in [0.1, 0.15) is 5.82 Å². The summed E-state index contributed by atoms with van der Waals surface area (Å²) in [6, 6.07) is 54.0. The molecule has 0 amide bonds. The molecule has 0 aliphatic heterocycles. The quantitative estimate of drug-likeness (QED) is 0.192. The molecule has 9 aromatic rings. The third kappa shape index (κ3) is 5.19. The van der Waals surface area contributed by atoms with Gasteiger partial charge in [-0.25, -0.2) is 4.98 Å². The highest BCUT2D eigenvalue weighted by molar-refractivity contribution is 7.25. The molecule has 0 radical (unpaired) electrons. The zero-order valence-corrected chi connectivity index (χ0v) is 27.6. The second-order valence-electron chi connectivity index (χ2n) is 12.2. The zero-order valence-electron chi connectivity index (χ0n) is 26.7. The Bertz CT molecular complexity index is 2550. The third-order valence-corrected chi connectivity index (χ3v) is 10.2. The van der Waals surface area contributed by atoms with Crippen LogP contribution in [0.1, 0.15) is 16.7 Å². The van der Waals surface area contributed by atoms with E-state index in [1.165, 1.54) is 69.8 Å².